The second kappa shape index (κ2) is 9.96. The van der Waals surface area contributed by atoms with Crippen LogP contribution in [0.4, 0.5) is 25.4 Å². The van der Waals surface area contributed by atoms with E-state index in [-0.39, 0.29) is 25.0 Å². The quantitative estimate of drug-likeness (QED) is 0.566. The molecule has 1 aliphatic rings. The van der Waals surface area contributed by atoms with Crippen LogP contribution in [0.25, 0.3) is 0 Å². The molecule has 0 bridgehead atoms. The van der Waals surface area contributed by atoms with Gasteiger partial charge in [-0.1, -0.05) is 48.5 Å². The minimum absolute atomic E-state index is 0.164. The van der Waals surface area contributed by atoms with Gasteiger partial charge in [0.05, 0.1) is 6.54 Å². The molecule has 1 fully saturated rings. The largest absolute Gasteiger partial charge is 0.444 e. The molecule has 3 amide bonds. The summed E-state index contributed by atoms with van der Waals surface area (Å²) in [6.07, 6.45) is 0.234. The van der Waals surface area contributed by atoms with E-state index in [1.807, 2.05) is 30.3 Å². The minimum Gasteiger partial charge on any atom is -0.444 e. The number of carbonyl (C=O) groups is 2. The Hall–Kier alpha value is -3.87. The Morgan fingerprint density at radius 2 is 1.66 bits per heavy atom. The fourth-order valence-corrected chi connectivity index (χ4v) is 3.60. The summed E-state index contributed by atoms with van der Waals surface area (Å²) < 4.78 is 19.2. The summed E-state index contributed by atoms with van der Waals surface area (Å²) in [5.74, 6) is -0.313. The lowest BCUT2D eigenvalue weighted by molar-refractivity contribution is 0.155. The van der Waals surface area contributed by atoms with E-state index in [1.54, 1.807) is 52.3 Å². The van der Waals surface area contributed by atoms with E-state index in [4.69, 9.17) is 4.74 Å². The number of anilines is 2. The normalized spacial score (nSPS) is 13.7. The topological polar surface area (TPSA) is 61.9 Å². The van der Waals surface area contributed by atoms with Crippen LogP contribution in [0.1, 0.15) is 17.5 Å². The number of carbonyl (C=O) groups excluding carboxylic acids is 2. The lowest BCUT2D eigenvalue weighted by Crippen LogP contribution is -2.49. The SMILES string of the molecule is O=C(Nc1ccc(N2CCCN(Cc3ccccc3F)C2=O)cc1)OCc1ccccc1. The molecule has 6 nitrogen and oxygen atoms in total. The van der Waals surface area contributed by atoms with Crippen molar-refractivity contribution in [3.8, 4) is 0 Å². The predicted octanol–water partition coefficient (Wildman–Crippen LogP) is 5.41. The average molecular weight is 433 g/mol. The Morgan fingerprint density at radius 1 is 0.938 bits per heavy atom. The number of rotatable bonds is 6. The highest BCUT2D eigenvalue weighted by atomic mass is 19.1. The second-order valence-corrected chi connectivity index (χ2v) is 7.53. The van der Waals surface area contributed by atoms with E-state index in [0.29, 0.717) is 24.3 Å². The van der Waals surface area contributed by atoms with E-state index < -0.39 is 6.09 Å². The number of halogens is 1. The van der Waals surface area contributed by atoms with Gasteiger partial charge in [0.2, 0.25) is 0 Å². The molecule has 7 heteroatoms. The number of ether oxygens (including phenoxy) is 1. The fraction of sp³-hybridized carbons (Fsp3) is 0.200. The smallest absolute Gasteiger partial charge is 0.411 e. The van der Waals surface area contributed by atoms with Gasteiger partial charge < -0.3 is 9.64 Å². The fourth-order valence-electron chi connectivity index (χ4n) is 3.60. The van der Waals surface area contributed by atoms with Gasteiger partial charge >= 0.3 is 12.1 Å². The van der Waals surface area contributed by atoms with E-state index in [2.05, 4.69) is 5.32 Å². The molecular weight excluding hydrogens is 409 g/mol. The van der Waals surface area contributed by atoms with Gasteiger partial charge in [-0.15, -0.1) is 0 Å². The van der Waals surface area contributed by atoms with Crippen molar-refractivity contribution in [1.29, 1.82) is 0 Å². The molecule has 1 aliphatic heterocycles. The first kappa shape index (κ1) is 21.4. The number of benzene rings is 3. The van der Waals surface area contributed by atoms with E-state index in [9.17, 15) is 14.0 Å². The Labute approximate surface area is 186 Å². The molecule has 3 aromatic rings. The van der Waals surface area contributed by atoms with Gasteiger partial charge in [0, 0.05) is 30.0 Å². The maximum Gasteiger partial charge on any atom is 0.411 e. The van der Waals surface area contributed by atoms with Gasteiger partial charge in [-0.25, -0.2) is 14.0 Å². The van der Waals surface area contributed by atoms with Crippen LogP contribution in [0.15, 0.2) is 78.9 Å². The summed E-state index contributed by atoms with van der Waals surface area (Å²) in [7, 11) is 0. The minimum atomic E-state index is -0.549. The monoisotopic (exact) mass is 433 g/mol. The van der Waals surface area contributed by atoms with Crippen molar-refractivity contribution >= 4 is 23.5 Å². The molecule has 1 N–H and O–H groups in total. The molecule has 1 heterocycles. The maximum atomic E-state index is 14.0. The van der Waals surface area contributed by atoms with Crippen molar-refractivity contribution in [1.82, 2.24) is 4.90 Å². The summed E-state index contributed by atoms with van der Waals surface area (Å²) in [4.78, 5) is 28.3. The molecule has 0 radical (unpaired) electrons. The zero-order chi connectivity index (χ0) is 22.3. The molecule has 3 aromatic carbocycles. The predicted molar refractivity (Wildman–Crippen MR) is 121 cm³/mol. The first-order valence-corrected chi connectivity index (χ1v) is 10.5. The molecule has 32 heavy (non-hydrogen) atoms. The number of nitrogens with one attached hydrogen (secondary N) is 1. The molecule has 4 rings (SSSR count). The number of nitrogens with zero attached hydrogens (tertiary/aromatic N) is 2. The zero-order valence-corrected chi connectivity index (χ0v) is 17.5. The molecule has 164 valence electrons. The van der Waals surface area contributed by atoms with Gasteiger partial charge in [-0.05, 0) is 42.3 Å². The van der Waals surface area contributed by atoms with Crippen LogP contribution in [0, 0.1) is 5.82 Å². The first-order valence-electron chi connectivity index (χ1n) is 10.5. The number of amides is 3. The van der Waals surface area contributed by atoms with Crippen LogP contribution in [-0.2, 0) is 17.9 Å². The van der Waals surface area contributed by atoms with E-state index in [1.165, 1.54) is 6.07 Å². The highest BCUT2D eigenvalue weighted by Gasteiger charge is 2.27. The summed E-state index contributed by atoms with van der Waals surface area (Å²) in [6, 6.07) is 22.8. The van der Waals surface area contributed by atoms with Crippen LogP contribution in [0.2, 0.25) is 0 Å². The maximum absolute atomic E-state index is 14.0. The zero-order valence-electron chi connectivity index (χ0n) is 17.5. The molecule has 0 unspecified atom stereocenters. The summed E-state index contributed by atoms with van der Waals surface area (Å²) in [5.41, 5.74) is 2.69. The van der Waals surface area contributed by atoms with Crippen LogP contribution >= 0.6 is 0 Å². The highest BCUT2D eigenvalue weighted by Crippen LogP contribution is 2.24. The van der Waals surface area contributed by atoms with Gasteiger partial charge in [0.15, 0.2) is 0 Å². The third-order valence-electron chi connectivity index (χ3n) is 5.27. The summed E-state index contributed by atoms with van der Waals surface area (Å²) >= 11 is 0. The van der Waals surface area contributed by atoms with Crippen LogP contribution in [-0.4, -0.2) is 30.1 Å². The third kappa shape index (κ3) is 5.24. The van der Waals surface area contributed by atoms with Crippen molar-refractivity contribution in [3.63, 3.8) is 0 Å². The Balaban J connectivity index is 1.35. The van der Waals surface area contributed by atoms with Crippen molar-refractivity contribution in [2.45, 2.75) is 19.6 Å². The van der Waals surface area contributed by atoms with Crippen molar-refractivity contribution in [3.05, 3.63) is 95.8 Å². The molecule has 0 atom stereocenters. The van der Waals surface area contributed by atoms with E-state index >= 15 is 0 Å². The molecule has 0 aliphatic carbocycles. The lowest BCUT2D eigenvalue weighted by Gasteiger charge is -2.35. The summed E-state index contributed by atoms with van der Waals surface area (Å²) in [5, 5.41) is 2.68. The van der Waals surface area contributed by atoms with Crippen molar-refractivity contribution in [2.24, 2.45) is 0 Å². The van der Waals surface area contributed by atoms with Gasteiger partial charge in [0.25, 0.3) is 0 Å². The van der Waals surface area contributed by atoms with Crippen molar-refractivity contribution < 1.29 is 18.7 Å². The van der Waals surface area contributed by atoms with E-state index in [0.717, 1.165) is 17.7 Å². The standard InChI is InChI=1S/C25H24FN3O3/c26-23-10-5-4-9-20(23)17-28-15-6-16-29(25(28)31)22-13-11-21(12-14-22)27-24(30)32-18-19-7-2-1-3-8-19/h1-5,7-14H,6,15-18H2,(H,27,30). The Bertz CT molecular complexity index is 1070. The molecule has 0 spiro atoms. The highest BCUT2D eigenvalue weighted by molar-refractivity contribution is 5.93. The molecular formula is C25H24FN3O3. The Kier molecular flexibility index (Phi) is 6.65. The number of hydrogen-bond donors (Lipinski definition) is 1. The van der Waals surface area contributed by atoms with Crippen LogP contribution < -0.4 is 10.2 Å². The third-order valence-corrected chi connectivity index (χ3v) is 5.27. The van der Waals surface area contributed by atoms with Gasteiger partial charge in [-0.3, -0.25) is 10.2 Å². The van der Waals surface area contributed by atoms with Crippen LogP contribution in [0.3, 0.4) is 0 Å². The van der Waals surface area contributed by atoms with Gasteiger partial charge in [-0.2, -0.15) is 0 Å². The first-order chi connectivity index (χ1) is 15.6. The molecule has 0 saturated carbocycles. The molecule has 0 aromatic heterocycles. The van der Waals surface area contributed by atoms with Gasteiger partial charge in [0.1, 0.15) is 12.4 Å². The average Bonchev–Trinajstić information content (AvgIpc) is 2.82. The number of urea groups is 1. The molecule has 1 saturated heterocycles. The van der Waals surface area contributed by atoms with Crippen molar-refractivity contribution in [2.75, 3.05) is 23.3 Å². The number of hydrogen-bond acceptors (Lipinski definition) is 3. The Morgan fingerprint density at radius 3 is 2.41 bits per heavy atom. The lowest BCUT2D eigenvalue weighted by atomic mass is 10.1. The summed E-state index contributed by atoms with van der Waals surface area (Å²) in [6.45, 7) is 1.58. The second-order valence-electron chi connectivity index (χ2n) is 7.53. The van der Waals surface area contributed by atoms with Crippen LogP contribution in [0.5, 0.6) is 0 Å².